The normalized spacial score (nSPS) is 12.1. The molecule has 1 N–H and O–H groups in total. The summed E-state index contributed by atoms with van der Waals surface area (Å²) in [5.74, 6) is -0.514. The van der Waals surface area contributed by atoms with Gasteiger partial charge in [0, 0.05) is 13.6 Å². The van der Waals surface area contributed by atoms with E-state index in [4.69, 9.17) is 4.74 Å². The third kappa shape index (κ3) is 6.23. The third-order valence-electron chi connectivity index (χ3n) is 5.13. The summed E-state index contributed by atoms with van der Waals surface area (Å²) >= 11 is 0. The van der Waals surface area contributed by atoms with Gasteiger partial charge in [0.05, 0.1) is 19.1 Å². The summed E-state index contributed by atoms with van der Waals surface area (Å²) < 4.78 is 31.7. The lowest BCUT2D eigenvalue weighted by Crippen LogP contribution is -2.50. The predicted octanol–water partition coefficient (Wildman–Crippen LogP) is 2.24. The Labute approximate surface area is 190 Å². The minimum absolute atomic E-state index is 0.164. The Kier molecular flexibility index (Phi) is 8.26. The molecular weight excluding hydrogens is 430 g/mol. The van der Waals surface area contributed by atoms with Crippen LogP contribution in [0.4, 0.5) is 5.69 Å². The lowest BCUT2D eigenvalue weighted by Gasteiger charge is -2.31. The van der Waals surface area contributed by atoms with Gasteiger partial charge in [-0.1, -0.05) is 35.9 Å². The van der Waals surface area contributed by atoms with Crippen LogP contribution in [0, 0.1) is 13.8 Å². The standard InChI is InChI=1S/C23H31N3O5S/c1-16-8-7-9-19(12-16)14-25(18(3)23(28)24-4)22(27)15-26(32(6,29)30)20-13-17(2)10-11-21(20)31-5/h7-13,18H,14-15H2,1-6H3,(H,24,28)/t18-/m1/s1. The Morgan fingerprint density at radius 3 is 2.31 bits per heavy atom. The van der Waals surface area contributed by atoms with E-state index in [-0.39, 0.29) is 18.1 Å². The number of anilines is 1. The van der Waals surface area contributed by atoms with E-state index < -0.39 is 28.5 Å². The summed E-state index contributed by atoms with van der Waals surface area (Å²) in [4.78, 5) is 27.1. The molecule has 174 valence electrons. The fourth-order valence-corrected chi connectivity index (χ4v) is 4.23. The number of amides is 2. The molecule has 2 aromatic carbocycles. The molecule has 0 heterocycles. The number of rotatable bonds is 9. The number of methoxy groups -OCH3 is 1. The highest BCUT2D eigenvalue weighted by Gasteiger charge is 2.30. The first-order valence-corrected chi connectivity index (χ1v) is 12.0. The molecule has 0 saturated carbocycles. The summed E-state index contributed by atoms with van der Waals surface area (Å²) in [5, 5.41) is 2.55. The van der Waals surface area contributed by atoms with Crippen LogP contribution < -0.4 is 14.4 Å². The Morgan fingerprint density at radius 2 is 1.75 bits per heavy atom. The van der Waals surface area contributed by atoms with Crippen molar-refractivity contribution in [2.45, 2.75) is 33.4 Å². The summed E-state index contributed by atoms with van der Waals surface area (Å²) in [5.41, 5.74) is 2.95. The van der Waals surface area contributed by atoms with E-state index in [0.717, 1.165) is 27.3 Å². The van der Waals surface area contributed by atoms with E-state index in [1.807, 2.05) is 38.1 Å². The monoisotopic (exact) mass is 461 g/mol. The fraction of sp³-hybridized carbons (Fsp3) is 0.391. The average Bonchev–Trinajstić information content (AvgIpc) is 2.73. The number of hydrogen-bond donors (Lipinski definition) is 1. The van der Waals surface area contributed by atoms with E-state index in [0.29, 0.717) is 5.75 Å². The Bertz CT molecular complexity index is 1080. The molecule has 0 aliphatic carbocycles. The van der Waals surface area contributed by atoms with Gasteiger partial charge in [-0.05, 0) is 44.0 Å². The summed E-state index contributed by atoms with van der Waals surface area (Å²) in [6.07, 6.45) is 1.04. The lowest BCUT2D eigenvalue weighted by molar-refractivity contribution is -0.139. The summed E-state index contributed by atoms with van der Waals surface area (Å²) in [6, 6.07) is 11.9. The minimum atomic E-state index is -3.82. The highest BCUT2D eigenvalue weighted by atomic mass is 32.2. The molecule has 0 bridgehead atoms. The number of hydrogen-bond acceptors (Lipinski definition) is 5. The van der Waals surface area contributed by atoms with E-state index in [1.54, 1.807) is 25.1 Å². The maximum atomic E-state index is 13.4. The molecule has 0 aliphatic rings. The van der Waals surface area contributed by atoms with Gasteiger partial charge in [-0.2, -0.15) is 0 Å². The van der Waals surface area contributed by atoms with Crippen molar-refractivity contribution >= 4 is 27.5 Å². The van der Waals surface area contributed by atoms with Gasteiger partial charge in [-0.3, -0.25) is 13.9 Å². The molecule has 1 atom stereocenters. The van der Waals surface area contributed by atoms with Crippen LogP contribution in [0.2, 0.25) is 0 Å². The number of sulfonamides is 1. The van der Waals surface area contributed by atoms with Gasteiger partial charge in [-0.25, -0.2) is 8.42 Å². The highest BCUT2D eigenvalue weighted by molar-refractivity contribution is 7.92. The SMILES string of the molecule is CNC(=O)[C@@H](C)N(Cc1cccc(C)c1)C(=O)CN(c1cc(C)ccc1OC)S(C)(=O)=O. The van der Waals surface area contributed by atoms with Crippen molar-refractivity contribution in [3.63, 3.8) is 0 Å². The Morgan fingerprint density at radius 1 is 1.09 bits per heavy atom. The quantitative estimate of drug-likeness (QED) is 0.618. The van der Waals surface area contributed by atoms with Crippen molar-refractivity contribution in [2.75, 3.05) is 31.3 Å². The first kappa shape index (κ1) is 25.2. The average molecular weight is 462 g/mol. The number of ether oxygens (including phenoxy) is 1. The number of likely N-dealkylation sites (N-methyl/N-ethyl adjacent to an activating group) is 1. The Balaban J connectivity index is 2.46. The maximum Gasteiger partial charge on any atom is 0.244 e. The van der Waals surface area contributed by atoms with Crippen molar-refractivity contribution in [3.05, 3.63) is 59.2 Å². The first-order valence-electron chi connectivity index (χ1n) is 10.2. The molecule has 0 spiro atoms. The first-order chi connectivity index (χ1) is 15.0. The Hall–Kier alpha value is -3.07. The van der Waals surface area contributed by atoms with Crippen LogP contribution in [-0.2, 0) is 26.2 Å². The molecule has 0 fully saturated rings. The second kappa shape index (κ2) is 10.5. The van der Waals surface area contributed by atoms with Crippen LogP contribution in [-0.4, -0.2) is 58.1 Å². The zero-order valence-electron chi connectivity index (χ0n) is 19.4. The van der Waals surface area contributed by atoms with Gasteiger partial charge in [0.25, 0.3) is 0 Å². The summed E-state index contributed by atoms with van der Waals surface area (Å²) in [7, 11) is -0.888. The smallest absolute Gasteiger partial charge is 0.244 e. The minimum Gasteiger partial charge on any atom is -0.495 e. The molecule has 0 radical (unpaired) electrons. The third-order valence-corrected chi connectivity index (χ3v) is 6.26. The van der Waals surface area contributed by atoms with Gasteiger partial charge < -0.3 is 15.0 Å². The predicted molar refractivity (Wildman–Crippen MR) is 125 cm³/mol. The van der Waals surface area contributed by atoms with Crippen molar-refractivity contribution < 1.29 is 22.7 Å². The molecule has 32 heavy (non-hydrogen) atoms. The molecule has 8 nitrogen and oxygen atoms in total. The number of nitrogens with zero attached hydrogens (tertiary/aromatic N) is 2. The molecule has 2 amide bonds. The van der Waals surface area contributed by atoms with Gasteiger partial charge in [0.1, 0.15) is 18.3 Å². The molecule has 0 aliphatic heterocycles. The topological polar surface area (TPSA) is 96.0 Å². The number of nitrogens with one attached hydrogen (secondary N) is 1. The van der Waals surface area contributed by atoms with E-state index in [1.165, 1.54) is 19.1 Å². The zero-order chi connectivity index (χ0) is 24.1. The molecule has 0 unspecified atom stereocenters. The number of carbonyl (C=O) groups excluding carboxylic acids is 2. The molecule has 0 aromatic heterocycles. The fourth-order valence-electron chi connectivity index (χ4n) is 3.39. The number of carbonyl (C=O) groups is 2. The van der Waals surface area contributed by atoms with Crippen molar-refractivity contribution in [2.24, 2.45) is 0 Å². The number of benzene rings is 2. The number of aryl methyl sites for hydroxylation is 2. The van der Waals surface area contributed by atoms with E-state index >= 15 is 0 Å². The van der Waals surface area contributed by atoms with Crippen molar-refractivity contribution in [1.29, 1.82) is 0 Å². The molecule has 2 aromatic rings. The second-order valence-electron chi connectivity index (χ2n) is 7.75. The van der Waals surface area contributed by atoms with E-state index in [9.17, 15) is 18.0 Å². The summed E-state index contributed by atoms with van der Waals surface area (Å²) in [6.45, 7) is 5.07. The van der Waals surface area contributed by atoms with Gasteiger partial charge >= 0.3 is 0 Å². The largest absolute Gasteiger partial charge is 0.495 e. The van der Waals surface area contributed by atoms with Gasteiger partial charge in [0.15, 0.2) is 0 Å². The molecule has 0 saturated heterocycles. The van der Waals surface area contributed by atoms with Crippen molar-refractivity contribution in [1.82, 2.24) is 10.2 Å². The van der Waals surface area contributed by atoms with E-state index in [2.05, 4.69) is 5.32 Å². The van der Waals surface area contributed by atoms with Gasteiger partial charge in [-0.15, -0.1) is 0 Å². The van der Waals surface area contributed by atoms with Crippen LogP contribution in [0.25, 0.3) is 0 Å². The van der Waals surface area contributed by atoms with Gasteiger partial charge in [0.2, 0.25) is 21.8 Å². The van der Waals surface area contributed by atoms with Crippen LogP contribution in [0.5, 0.6) is 5.75 Å². The zero-order valence-corrected chi connectivity index (χ0v) is 20.2. The molecule has 2 rings (SSSR count). The van der Waals surface area contributed by atoms with Crippen LogP contribution in [0.3, 0.4) is 0 Å². The maximum absolute atomic E-state index is 13.4. The highest BCUT2D eigenvalue weighted by Crippen LogP contribution is 2.31. The molecule has 9 heteroatoms. The van der Waals surface area contributed by atoms with Crippen LogP contribution >= 0.6 is 0 Å². The lowest BCUT2D eigenvalue weighted by atomic mass is 10.1. The van der Waals surface area contributed by atoms with Crippen molar-refractivity contribution in [3.8, 4) is 5.75 Å². The van der Waals surface area contributed by atoms with Crippen LogP contribution in [0.1, 0.15) is 23.6 Å². The van der Waals surface area contributed by atoms with Crippen LogP contribution in [0.15, 0.2) is 42.5 Å². The second-order valence-corrected chi connectivity index (χ2v) is 9.65. The molecular formula is C23H31N3O5S.